The fourth-order valence-electron chi connectivity index (χ4n) is 4.59. The predicted octanol–water partition coefficient (Wildman–Crippen LogP) is 4.65. The molecule has 0 atom stereocenters. The van der Waals surface area contributed by atoms with Gasteiger partial charge in [0.1, 0.15) is 0 Å². The molecular formula is C27H35IN2O4. The molecule has 7 heteroatoms. The van der Waals surface area contributed by atoms with Gasteiger partial charge < -0.3 is 0 Å². The molecule has 184 valence electrons. The molecule has 0 aliphatic carbocycles. The predicted molar refractivity (Wildman–Crippen MR) is 145 cm³/mol. The molecule has 0 aromatic heterocycles. The molecule has 0 spiro atoms. The Bertz CT molecular complexity index is 975. The van der Waals surface area contributed by atoms with Crippen LogP contribution >= 0.6 is 19.8 Å². The van der Waals surface area contributed by atoms with Gasteiger partial charge in [-0.3, -0.25) is 0 Å². The Hall–Kier alpha value is -2.13. The Morgan fingerprint density at radius 2 is 1.91 bits per heavy atom. The van der Waals surface area contributed by atoms with E-state index < -0.39 is 19.8 Å². The summed E-state index contributed by atoms with van der Waals surface area (Å²) in [4.78, 5) is 27.2. The molecule has 1 fully saturated rings. The summed E-state index contributed by atoms with van der Waals surface area (Å²) < 4.78 is 14.6. The zero-order valence-corrected chi connectivity index (χ0v) is 22.1. The molecule has 0 saturated carbocycles. The van der Waals surface area contributed by atoms with E-state index in [0.717, 1.165) is 47.2 Å². The minimum absolute atomic E-state index is 0.0255. The van der Waals surface area contributed by atoms with E-state index in [1.807, 2.05) is 54.3 Å². The van der Waals surface area contributed by atoms with Gasteiger partial charge in [0, 0.05) is 0 Å². The van der Waals surface area contributed by atoms with E-state index in [4.69, 9.17) is 9.47 Å². The number of halogens is 1. The van der Waals surface area contributed by atoms with Crippen LogP contribution in [0.4, 0.5) is 5.69 Å². The van der Waals surface area contributed by atoms with Gasteiger partial charge in [-0.15, -0.1) is 0 Å². The summed E-state index contributed by atoms with van der Waals surface area (Å²) in [6, 6.07) is 15.9. The molecule has 2 aromatic carbocycles. The van der Waals surface area contributed by atoms with E-state index in [2.05, 4.69) is 11.4 Å². The number of hydrogen-bond acceptors (Lipinski definition) is 4. The van der Waals surface area contributed by atoms with Gasteiger partial charge in [0.2, 0.25) is 0 Å². The second-order valence-electron chi connectivity index (χ2n) is 8.60. The Morgan fingerprint density at radius 3 is 2.74 bits per heavy atom. The number of hydrogen-bond donors (Lipinski definition) is 1. The molecule has 2 heterocycles. The van der Waals surface area contributed by atoms with Crippen LogP contribution in [0, 0.1) is 0 Å². The SMILES string of the molecule is CCOCCCNC(=O)c1ccccc1C1CCI(CCN2C(=O)COc3ccccc32)CC1. The summed E-state index contributed by atoms with van der Waals surface area (Å²) in [6.45, 7) is 4.94. The summed E-state index contributed by atoms with van der Waals surface area (Å²) in [5, 5.41) is 3.06. The van der Waals surface area contributed by atoms with Gasteiger partial charge >= 0.3 is 203 Å². The van der Waals surface area contributed by atoms with Crippen molar-refractivity contribution in [3.63, 3.8) is 0 Å². The number of nitrogens with one attached hydrogen (secondary N) is 1. The Kier molecular flexibility index (Phi) is 9.21. The number of carbonyl (C=O) groups excluding carboxylic acids is 2. The topological polar surface area (TPSA) is 67.9 Å². The second kappa shape index (κ2) is 12.5. The third kappa shape index (κ3) is 6.30. The standard InChI is InChI=1S/C27H35IN2O4/c1-2-33-19-7-17-29-27(32)23-9-4-3-8-22(23)21-12-14-28(15-13-21)16-18-30-24-10-5-6-11-25(24)34-20-26(30)31/h3-6,8-11,21H,2,7,12-20H2,1H3,(H,29,32). The van der Waals surface area contributed by atoms with Crippen LogP contribution in [0.1, 0.15) is 48.0 Å². The third-order valence-corrected chi connectivity index (χ3v) is 12.7. The van der Waals surface area contributed by atoms with Crippen LogP contribution in [-0.2, 0) is 9.53 Å². The Morgan fingerprint density at radius 1 is 1.15 bits per heavy atom. The molecule has 1 N–H and O–H groups in total. The van der Waals surface area contributed by atoms with Crippen molar-refractivity contribution in [2.75, 3.05) is 51.1 Å². The van der Waals surface area contributed by atoms with Gasteiger partial charge in [0.05, 0.1) is 0 Å². The van der Waals surface area contributed by atoms with E-state index >= 15 is 0 Å². The van der Waals surface area contributed by atoms with E-state index in [1.165, 1.54) is 14.4 Å². The Labute approximate surface area is 209 Å². The van der Waals surface area contributed by atoms with Crippen LogP contribution < -0.4 is 15.0 Å². The Balaban J connectivity index is 1.29. The van der Waals surface area contributed by atoms with Crippen molar-refractivity contribution in [1.82, 2.24) is 5.32 Å². The molecule has 1 saturated heterocycles. The van der Waals surface area contributed by atoms with E-state index in [9.17, 15) is 9.59 Å². The molecule has 2 aromatic rings. The summed E-state index contributed by atoms with van der Waals surface area (Å²) in [6.07, 6.45) is 3.12. The molecule has 34 heavy (non-hydrogen) atoms. The molecule has 4 rings (SSSR count). The van der Waals surface area contributed by atoms with Crippen LogP contribution in [0.15, 0.2) is 48.5 Å². The molecule has 2 amide bonds. The average Bonchev–Trinajstić information content (AvgIpc) is 2.88. The van der Waals surface area contributed by atoms with Gasteiger partial charge in [0.15, 0.2) is 0 Å². The summed E-state index contributed by atoms with van der Waals surface area (Å²) in [5.41, 5.74) is 2.92. The van der Waals surface area contributed by atoms with Crippen LogP contribution in [0.3, 0.4) is 0 Å². The van der Waals surface area contributed by atoms with Gasteiger partial charge in [-0.1, -0.05) is 0 Å². The number of nitrogens with zero attached hydrogens (tertiary/aromatic N) is 1. The molecular weight excluding hydrogens is 543 g/mol. The maximum absolute atomic E-state index is 12.8. The van der Waals surface area contributed by atoms with Crippen molar-refractivity contribution in [1.29, 1.82) is 0 Å². The second-order valence-corrected chi connectivity index (χ2v) is 15.1. The quantitative estimate of drug-likeness (QED) is 0.253. The first kappa shape index (κ1) is 25.0. The number of amides is 2. The minimum atomic E-state index is -1.11. The van der Waals surface area contributed by atoms with Gasteiger partial charge in [-0.25, -0.2) is 0 Å². The van der Waals surface area contributed by atoms with Crippen LogP contribution in [0.2, 0.25) is 0 Å². The molecule has 0 unspecified atom stereocenters. The summed E-state index contributed by atoms with van der Waals surface area (Å²) >= 11 is -1.11. The van der Waals surface area contributed by atoms with E-state index in [-0.39, 0.29) is 18.4 Å². The van der Waals surface area contributed by atoms with Gasteiger partial charge in [0.25, 0.3) is 0 Å². The van der Waals surface area contributed by atoms with Crippen molar-refractivity contribution in [2.24, 2.45) is 0 Å². The molecule has 0 bridgehead atoms. The number of benzene rings is 2. The first-order valence-corrected chi connectivity index (χ1v) is 16.8. The number of alkyl halides is 3. The monoisotopic (exact) mass is 578 g/mol. The fourth-order valence-corrected chi connectivity index (χ4v) is 10.6. The van der Waals surface area contributed by atoms with Crippen molar-refractivity contribution in [3.8, 4) is 5.75 Å². The normalized spacial score (nSPS) is 17.3. The molecule has 2 aliphatic rings. The summed E-state index contributed by atoms with van der Waals surface area (Å²) in [7, 11) is 0. The fraction of sp³-hybridized carbons (Fsp3) is 0.481. The van der Waals surface area contributed by atoms with Gasteiger partial charge in [-0.2, -0.15) is 0 Å². The van der Waals surface area contributed by atoms with Crippen molar-refractivity contribution >= 4 is 37.3 Å². The maximum atomic E-state index is 12.8. The van der Waals surface area contributed by atoms with Crippen molar-refractivity contribution in [3.05, 3.63) is 59.7 Å². The molecule has 2 aliphatic heterocycles. The van der Waals surface area contributed by atoms with Crippen LogP contribution in [0.5, 0.6) is 5.75 Å². The van der Waals surface area contributed by atoms with Crippen LogP contribution in [-0.4, -0.2) is 58.0 Å². The molecule has 0 radical (unpaired) electrons. The van der Waals surface area contributed by atoms with Crippen molar-refractivity contribution < 1.29 is 19.1 Å². The zero-order valence-electron chi connectivity index (χ0n) is 19.9. The van der Waals surface area contributed by atoms with Crippen LogP contribution in [0.25, 0.3) is 0 Å². The number of anilines is 1. The van der Waals surface area contributed by atoms with E-state index in [1.54, 1.807) is 0 Å². The number of para-hydroxylation sites is 2. The number of fused-ring (bicyclic) bond motifs is 1. The van der Waals surface area contributed by atoms with Crippen molar-refractivity contribution in [2.45, 2.75) is 32.1 Å². The van der Waals surface area contributed by atoms with Gasteiger partial charge in [-0.05, 0) is 6.92 Å². The first-order chi connectivity index (χ1) is 16.7. The van der Waals surface area contributed by atoms with E-state index in [0.29, 0.717) is 25.7 Å². The first-order valence-electron chi connectivity index (χ1n) is 12.2. The third-order valence-electron chi connectivity index (χ3n) is 6.43. The number of ether oxygens (including phenoxy) is 2. The summed E-state index contributed by atoms with van der Waals surface area (Å²) in [5.74, 6) is 1.34. The zero-order chi connectivity index (χ0) is 23.8. The average molecular weight is 578 g/mol. The number of carbonyl (C=O) groups is 2. The number of rotatable bonds is 10. The molecule has 6 nitrogen and oxygen atoms in total.